The number of rotatable bonds is 3. The zero-order valence-electron chi connectivity index (χ0n) is 13.8. The molecule has 0 radical (unpaired) electrons. The third kappa shape index (κ3) is 4.43. The van der Waals surface area contributed by atoms with Crippen LogP contribution in [-0.2, 0) is 9.59 Å². The highest BCUT2D eigenvalue weighted by Crippen LogP contribution is 2.31. The van der Waals surface area contributed by atoms with E-state index in [1.54, 1.807) is 11.9 Å². The maximum absolute atomic E-state index is 12.6. The van der Waals surface area contributed by atoms with Gasteiger partial charge in [0.15, 0.2) is 0 Å². The molecule has 6 heteroatoms. The summed E-state index contributed by atoms with van der Waals surface area (Å²) in [7, 11) is 3.60. The van der Waals surface area contributed by atoms with Gasteiger partial charge in [0.1, 0.15) is 0 Å². The lowest BCUT2D eigenvalue weighted by atomic mass is 9.82. The summed E-state index contributed by atoms with van der Waals surface area (Å²) in [4.78, 5) is 28.4. The Balaban J connectivity index is 1.99. The summed E-state index contributed by atoms with van der Waals surface area (Å²) in [5.74, 6) is -0.251. The zero-order valence-corrected chi connectivity index (χ0v) is 13.8. The first-order valence-electron chi connectivity index (χ1n) is 8.34. The normalized spacial score (nSPS) is 26.3. The summed E-state index contributed by atoms with van der Waals surface area (Å²) in [6.45, 7) is 2.49. The predicted octanol–water partition coefficient (Wildman–Crippen LogP) is 0.208. The molecule has 0 bridgehead atoms. The molecule has 1 atom stereocenters. The van der Waals surface area contributed by atoms with E-state index in [2.05, 4.69) is 10.2 Å². The van der Waals surface area contributed by atoms with Gasteiger partial charge in [0.2, 0.25) is 11.8 Å². The van der Waals surface area contributed by atoms with E-state index in [-0.39, 0.29) is 24.2 Å². The Labute approximate surface area is 132 Å². The van der Waals surface area contributed by atoms with Crippen molar-refractivity contribution < 1.29 is 14.7 Å². The second-order valence-corrected chi connectivity index (χ2v) is 6.87. The van der Waals surface area contributed by atoms with E-state index in [9.17, 15) is 14.7 Å². The summed E-state index contributed by atoms with van der Waals surface area (Å²) in [6, 6.07) is 0. The maximum atomic E-state index is 12.6. The maximum Gasteiger partial charge on any atom is 0.225 e. The van der Waals surface area contributed by atoms with Crippen molar-refractivity contribution in [2.45, 2.75) is 44.1 Å². The van der Waals surface area contributed by atoms with Crippen LogP contribution >= 0.6 is 0 Å². The zero-order chi connectivity index (χ0) is 16.2. The van der Waals surface area contributed by atoms with Gasteiger partial charge < -0.3 is 20.2 Å². The number of nitrogens with one attached hydrogen (secondary N) is 1. The highest BCUT2D eigenvalue weighted by atomic mass is 16.3. The largest absolute Gasteiger partial charge is 0.389 e. The fraction of sp³-hybridized carbons (Fsp3) is 0.875. The van der Waals surface area contributed by atoms with Gasteiger partial charge in [-0.25, -0.2) is 0 Å². The van der Waals surface area contributed by atoms with Gasteiger partial charge in [-0.05, 0) is 19.9 Å². The van der Waals surface area contributed by atoms with Gasteiger partial charge >= 0.3 is 0 Å². The molecule has 1 unspecified atom stereocenters. The molecule has 126 valence electrons. The van der Waals surface area contributed by atoms with Crippen LogP contribution < -0.4 is 5.32 Å². The molecule has 22 heavy (non-hydrogen) atoms. The van der Waals surface area contributed by atoms with Crippen molar-refractivity contribution in [3.63, 3.8) is 0 Å². The van der Waals surface area contributed by atoms with E-state index in [4.69, 9.17) is 0 Å². The van der Waals surface area contributed by atoms with Crippen LogP contribution in [0.15, 0.2) is 0 Å². The van der Waals surface area contributed by atoms with E-state index in [1.807, 2.05) is 7.05 Å². The predicted molar refractivity (Wildman–Crippen MR) is 84.3 cm³/mol. The van der Waals surface area contributed by atoms with Gasteiger partial charge in [-0.3, -0.25) is 9.59 Å². The Morgan fingerprint density at radius 3 is 2.50 bits per heavy atom. The van der Waals surface area contributed by atoms with E-state index in [0.717, 1.165) is 25.8 Å². The number of hydrogen-bond acceptors (Lipinski definition) is 4. The van der Waals surface area contributed by atoms with Gasteiger partial charge in [-0.1, -0.05) is 19.3 Å². The van der Waals surface area contributed by atoms with Gasteiger partial charge in [-0.15, -0.1) is 0 Å². The number of likely N-dealkylation sites (N-methyl/N-ethyl adjacent to an activating group) is 1. The molecule has 0 spiro atoms. The highest BCUT2D eigenvalue weighted by molar-refractivity contribution is 5.81. The van der Waals surface area contributed by atoms with E-state index in [0.29, 0.717) is 32.5 Å². The monoisotopic (exact) mass is 311 g/mol. The Morgan fingerprint density at radius 1 is 1.18 bits per heavy atom. The third-order valence-corrected chi connectivity index (χ3v) is 4.96. The number of nitrogens with zero attached hydrogens (tertiary/aromatic N) is 2. The molecular weight excluding hydrogens is 282 g/mol. The molecule has 2 aliphatic rings. The summed E-state index contributed by atoms with van der Waals surface area (Å²) < 4.78 is 0. The van der Waals surface area contributed by atoms with Crippen LogP contribution in [0.1, 0.15) is 38.5 Å². The quantitative estimate of drug-likeness (QED) is 0.781. The van der Waals surface area contributed by atoms with Crippen molar-refractivity contribution in [2.24, 2.45) is 5.92 Å². The van der Waals surface area contributed by atoms with Crippen molar-refractivity contribution in [3.05, 3.63) is 0 Å². The van der Waals surface area contributed by atoms with Crippen LogP contribution in [0.5, 0.6) is 0 Å². The third-order valence-electron chi connectivity index (χ3n) is 4.96. The van der Waals surface area contributed by atoms with Crippen molar-refractivity contribution in [1.82, 2.24) is 15.1 Å². The van der Waals surface area contributed by atoms with Gasteiger partial charge in [0, 0.05) is 33.2 Å². The van der Waals surface area contributed by atoms with E-state index < -0.39 is 5.60 Å². The molecule has 2 amide bonds. The van der Waals surface area contributed by atoms with E-state index >= 15 is 0 Å². The van der Waals surface area contributed by atoms with Crippen LogP contribution in [0.25, 0.3) is 0 Å². The van der Waals surface area contributed by atoms with E-state index in [1.165, 1.54) is 0 Å². The summed E-state index contributed by atoms with van der Waals surface area (Å²) >= 11 is 0. The fourth-order valence-electron chi connectivity index (χ4n) is 3.55. The minimum absolute atomic E-state index is 0.0198. The minimum atomic E-state index is -0.837. The minimum Gasteiger partial charge on any atom is -0.389 e. The Kier molecular flexibility index (Phi) is 5.81. The highest BCUT2D eigenvalue weighted by Gasteiger charge is 2.35. The molecule has 2 rings (SSSR count). The molecule has 0 aromatic carbocycles. The van der Waals surface area contributed by atoms with Crippen LogP contribution in [0, 0.1) is 5.92 Å². The Hall–Kier alpha value is -1.14. The van der Waals surface area contributed by atoms with Crippen LogP contribution in [0.3, 0.4) is 0 Å². The molecule has 0 aromatic rings. The summed E-state index contributed by atoms with van der Waals surface area (Å²) in [6.07, 6.45) is 4.75. The summed E-state index contributed by atoms with van der Waals surface area (Å²) in [5.41, 5.74) is -0.837. The first kappa shape index (κ1) is 17.2. The first-order chi connectivity index (χ1) is 10.4. The summed E-state index contributed by atoms with van der Waals surface area (Å²) in [5, 5.41) is 13.3. The van der Waals surface area contributed by atoms with Gasteiger partial charge in [-0.2, -0.15) is 0 Å². The van der Waals surface area contributed by atoms with Crippen molar-refractivity contribution in [3.8, 4) is 0 Å². The molecular formula is C16H29N3O3. The van der Waals surface area contributed by atoms with Crippen molar-refractivity contribution in [1.29, 1.82) is 0 Å². The fourth-order valence-corrected chi connectivity index (χ4v) is 3.55. The molecule has 1 aliphatic heterocycles. The molecule has 6 nitrogen and oxygen atoms in total. The van der Waals surface area contributed by atoms with Gasteiger partial charge in [0.05, 0.1) is 17.9 Å². The number of amides is 2. The Bertz CT molecular complexity index is 407. The second kappa shape index (κ2) is 7.42. The number of hydrogen-bond donors (Lipinski definition) is 2. The standard InChI is InChI=1S/C16H29N3O3/c1-17-15(21)13-11-18(2)8-9-19(12-13)14(20)10-16(22)6-4-3-5-7-16/h13,22H,3-12H2,1-2H3,(H,17,21). The molecule has 2 N–H and O–H groups in total. The molecule has 0 aromatic heterocycles. The van der Waals surface area contributed by atoms with Gasteiger partial charge in [0.25, 0.3) is 0 Å². The number of carbonyl (C=O) groups excluding carboxylic acids is 2. The lowest BCUT2D eigenvalue weighted by Gasteiger charge is -2.34. The number of aliphatic hydroxyl groups is 1. The SMILES string of the molecule is CNC(=O)C1CN(C)CCN(C(=O)CC2(O)CCCCC2)C1. The molecule has 1 heterocycles. The van der Waals surface area contributed by atoms with Crippen molar-refractivity contribution in [2.75, 3.05) is 40.3 Å². The second-order valence-electron chi connectivity index (χ2n) is 6.87. The average molecular weight is 311 g/mol. The smallest absolute Gasteiger partial charge is 0.225 e. The Morgan fingerprint density at radius 2 is 1.86 bits per heavy atom. The number of carbonyl (C=O) groups is 2. The van der Waals surface area contributed by atoms with Crippen LogP contribution in [0.2, 0.25) is 0 Å². The molecule has 1 aliphatic carbocycles. The lowest BCUT2D eigenvalue weighted by molar-refractivity contribution is -0.138. The molecule has 2 fully saturated rings. The molecule has 1 saturated heterocycles. The van der Waals surface area contributed by atoms with Crippen molar-refractivity contribution >= 4 is 11.8 Å². The van der Waals surface area contributed by atoms with Crippen LogP contribution in [-0.4, -0.2) is 72.6 Å². The average Bonchev–Trinajstić information content (AvgIpc) is 2.68. The first-order valence-corrected chi connectivity index (χ1v) is 8.34. The van der Waals surface area contributed by atoms with Crippen LogP contribution in [0.4, 0.5) is 0 Å². The lowest BCUT2D eigenvalue weighted by Crippen LogP contribution is -2.44. The topological polar surface area (TPSA) is 72.9 Å². The molecule has 1 saturated carbocycles.